The summed E-state index contributed by atoms with van der Waals surface area (Å²) in [7, 11) is 0. The molecule has 0 bridgehead atoms. The normalized spacial score (nSPS) is 11.1. The summed E-state index contributed by atoms with van der Waals surface area (Å²) >= 11 is 0. The third-order valence-corrected chi connectivity index (χ3v) is 13.3. The third-order valence-electron chi connectivity index (χ3n) is 13.3. The fourth-order valence-electron chi connectivity index (χ4n) is 10.1. The molecule has 0 radical (unpaired) electrons. The van der Waals surface area contributed by atoms with Crippen LogP contribution in [0.1, 0.15) is 5.56 Å². The molecular formula is C66H42N4. The largest absolute Gasteiger partial charge is 0.311 e. The maximum absolute atomic E-state index is 10.3. The second kappa shape index (κ2) is 17.8. The van der Waals surface area contributed by atoms with Crippen LogP contribution < -0.4 is 9.80 Å². The first kappa shape index (κ1) is 41.7. The van der Waals surface area contributed by atoms with Crippen LogP contribution in [0.2, 0.25) is 0 Å². The van der Waals surface area contributed by atoms with Gasteiger partial charge in [0.15, 0.2) is 5.69 Å². The van der Waals surface area contributed by atoms with Crippen LogP contribution in [0.3, 0.4) is 0 Å². The lowest BCUT2D eigenvalue weighted by atomic mass is 9.91. The van der Waals surface area contributed by atoms with Crippen molar-refractivity contribution in [3.63, 3.8) is 0 Å². The minimum Gasteiger partial charge on any atom is -0.311 e. The average Bonchev–Trinajstić information content (AvgIpc) is 3.44. The van der Waals surface area contributed by atoms with Gasteiger partial charge in [-0.25, -0.2) is 4.85 Å². The number of benzene rings is 12. The molecule has 0 aliphatic heterocycles. The highest BCUT2D eigenvalue weighted by atomic mass is 15.2. The lowest BCUT2D eigenvalue weighted by molar-refractivity contribution is 1.29. The summed E-state index contributed by atoms with van der Waals surface area (Å²) < 4.78 is 0. The lowest BCUT2D eigenvalue weighted by Crippen LogP contribution is -2.12. The third kappa shape index (κ3) is 7.63. The molecule has 0 saturated carbocycles. The predicted octanol–water partition coefficient (Wildman–Crippen LogP) is 18.6. The molecule has 0 fully saturated rings. The molecular weight excluding hydrogens is 849 g/mol. The van der Waals surface area contributed by atoms with E-state index >= 15 is 0 Å². The maximum atomic E-state index is 10.3. The van der Waals surface area contributed by atoms with E-state index in [4.69, 9.17) is 6.57 Å². The Balaban J connectivity index is 1.12. The van der Waals surface area contributed by atoms with E-state index in [1.807, 2.05) is 36.4 Å². The number of nitrogens with zero attached hydrogens (tertiary/aromatic N) is 4. The quantitative estimate of drug-likeness (QED) is 0.101. The van der Waals surface area contributed by atoms with E-state index in [1.165, 1.54) is 0 Å². The van der Waals surface area contributed by atoms with E-state index in [0.717, 1.165) is 111 Å². The minimum atomic E-state index is 0.569. The number of hydrogen-bond donors (Lipinski definition) is 0. The molecule has 12 rings (SSSR count). The maximum Gasteiger partial charge on any atom is 0.189 e. The molecule has 12 aromatic carbocycles. The molecule has 0 amide bonds. The molecule has 326 valence electrons. The smallest absolute Gasteiger partial charge is 0.189 e. The topological polar surface area (TPSA) is 34.6 Å². The molecule has 0 N–H and O–H groups in total. The summed E-state index contributed by atoms with van der Waals surface area (Å²) in [6.07, 6.45) is 0. The Morgan fingerprint density at radius 1 is 0.329 bits per heavy atom. The molecule has 70 heavy (non-hydrogen) atoms. The van der Waals surface area contributed by atoms with Gasteiger partial charge in [-0.05, 0) is 145 Å². The average molecular weight is 891 g/mol. The van der Waals surface area contributed by atoms with Crippen LogP contribution in [0.4, 0.5) is 39.8 Å². The van der Waals surface area contributed by atoms with Gasteiger partial charge < -0.3 is 9.80 Å². The molecule has 0 aliphatic rings. The minimum absolute atomic E-state index is 0.569. The number of anilines is 6. The molecule has 0 saturated heterocycles. The van der Waals surface area contributed by atoms with E-state index in [-0.39, 0.29) is 0 Å². The zero-order chi connectivity index (χ0) is 47.0. The number of hydrogen-bond acceptors (Lipinski definition) is 3. The number of rotatable bonds is 10. The molecule has 12 aromatic rings. The molecule has 0 heterocycles. The monoisotopic (exact) mass is 890 g/mol. The van der Waals surface area contributed by atoms with Crippen LogP contribution in [0.15, 0.2) is 255 Å². The van der Waals surface area contributed by atoms with Crippen LogP contribution in [-0.2, 0) is 0 Å². The van der Waals surface area contributed by atoms with Crippen molar-refractivity contribution < 1.29 is 0 Å². The van der Waals surface area contributed by atoms with Crippen LogP contribution in [-0.4, -0.2) is 0 Å². The van der Waals surface area contributed by atoms with Crippen LogP contribution >= 0.6 is 0 Å². The highest BCUT2D eigenvalue weighted by Crippen LogP contribution is 2.49. The summed E-state index contributed by atoms with van der Waals surface area (Å²) in [5, 5.41) is 17.0. The summed E-state index contributed by atoms with van der Waals surface area (Å²) in [6, 6.07) is 91.9. The van der Waals surface area contributed by atoms with Gasteiger partial charge in [-0.2, -0.15) is 5.26 Å². The van der Waals surface area contributed by atoms with E-state index < -0.39 is 0 Å². The van der Waals surface area contributed by atoms with Crippen molar-refractivity contribution in [3.05, 3.63) is 272 Å². The van der Waals surface area contributed by atoms with E-state index in [9.17, 15) is 5.26 Å². The van der Waals surface area contributed by atoms with Gasteiger partial charge in [0.1, 0.15) is 0 Å². The first-order valence-electron chi connectivity index (χ1n) is 23.4. The first-order chi connectivity index (χ1) is 34.6. The Bertz CT molecular complexity index is 3590. The molecule has 0 atom stereocenters. The van der Waals surface area contributed by atoms with Gasteiger partial charge in [-0.15, -0.1) is 0 Å². The first-order valence-corrected chi connectivity index (χ1v) is 23.4. The van der Waals surface area contributed by atoms with Gasteiger partial charge in [-0.1, -0.05) is 176 Å². The van der Waals surface area contributed by atoms with Gasteiger partial charge in [0.2, 0.25) is 0 Å². The van der Waals surface area contributed by atoms with Gasteiger partial charge in [0.05, 0.1) is 29.6 Å². The van der Waals surface area contributed by atoms with Crippen molar-refractivity contribution >= 4 is 72.1 Å². The molecule has 0 aliphatic carbocycles. The summed E-state index contributed by atoms with van der Waals surface area (Å²) in [4.78, 5) is 8.53. The Kier molecular flexibility index (Phi) is 10.6. The highest BCUT2D eigenvalue weighted by Gasteiger charge is 2.24. The molecule has 4 nitrogen and oxygen atoms in total. The molecule has 0 spiro atoms. The SMILES string of the molecule is [C-]#[N+]c1cccc(N(c2cc(-c3ccccc3)cc(-c3ccccc3)c2)c2ccc3ccc4c(N(c5cccc(C#N)c5)c5cc(-c6ccccc6)cc(-c6ccccc6)c5)ccc5ccc2c3c54)c1. The number of nitriles is 1. The van der Waals surface area contributed by atoms with Gasteiger partial charge in [0.25, 0.3) is 0 Å². The standard InChI is InChI=1S/C66H42N4/c1-68-56-25-15-27-58(43-56)70(60-41-54(48-21-10-4-11-22-48)38-55(42-60)49-23-12-5-13-24-49)64-35-31-51-28-32-61-63(34-30-50-29-33-62(64)66(51)65(50)61)69(57-26-14-16-45(36-57)44-67)59-39-52(46-17-6-2-7-18-46)37-53(40-59)47-19-8-3-9-20-47/h2-43H. The molecule has 4 heteroatoms. The van der Waals surface area contributed by atoms with E-state index in [1.54, 1.807) is 0 Å². The summed E-state index contributed by atoms with van der Waals surface area (Å²) in [5.41, 5.74) is 15.7. The predicted molar refractivity (Wildman–Crippen MR) is 292 cm³/mol. The van der Waals surface area contributed by atoms with Gasteiger partial charge in [-0.3, -0.25) is 0 Å². The summed E-state index contributed by atoms with van der Waals surface area (Å²) in [5.74, 6) is 0. The van der Waals surface area contributed by atoms with Crippen molar-refractivity contribution in [1.29, 1.82) is 5.26 Å². The Morgan fingerprint density at radius 3 is 1.11 bits per heavy atom. The zero-order valence-electron chi connectivity index (χ0n) is 38.0. The molecule has 0 aromatic heterocycles. The van der Waals surface area contributed by atoms with Crippen molar-refractivity contribution in [2.45, 2.75) is 0 Å². The van der Waals surface area contributed by atoms with Crippen LogP contribution in [0.25, 0.3) is 81.7 Å². The van der Waals surface area contributed by atoms with E-state index in [2.05, 4.69) is 239 Å². The Morgan fingerprint density at radius 2 is 0.714 bits per heavy atom. The fraction of sp³-hybridized carbons (Fsp3) is 0. The van der Waals surface area contributed by atoms with Gasteiger partial charge in [0, 0.05) is 33.5 Å². The van der Waals surface area contributed by atoms with Crippen molar-refractivity contribution in [2.75, 3.05) is 9.80 Å². The fourth-order valence-corrected chi connectivity index (χ4v) is 10.1. The van der Waals surface area contributed by atoms with Gasteiger partial charge >= 0.3 is 0 Å². The molecule has 0 unspecified atom stereocenters. The van der Waals surface area contributed by atoms with Crippen molar-refractivity contribution in [2.24, 2.45) is 0 Å². The Labute approximate surface area is 407 Å². The highest BCUT2D eigenvalue weighted by molar-refractivity contribution is 6.28. The Hall–Kier alpha value is -9.74. The second-order valence-electron chi connectivity index (χ2n) is 17.6. The zero-order valence-corrected chi connectivity index (χ0v) is 38.0. The van der Waals surface area contributed by atoms with Crippen LogP contribution in [0, 0.1) is 17.9 Å². The van der Waals surface area contributed by atoms with Crippen molar-refractivity contribution in [3.8, 4) is 50.6 Å². The lowest BCUT2D eigenvalue weighted by Gasteiger charge is -2.30. The summed E-state index contributed by atoms with van der Waals surface area (Å²) in [6.45, 7) is 8.06. The van der Waals surface area contributed by atoms with Crippen LogP contribution in [0.5, 0.6) is 0 Å². The van der Waals surface area contributed by atoms with E-state index in [0.29, 0.717) is 11.3 Å². The van der Waals surface area contributed by atoms with Crippen molar-refractivity contribution in [1.82, 2.24) is 0 Å². The second-order valence-corrected chi connectivity index (χ2v) is 17.6.